The standard InChI is InChI=1S/C16H30N2OS/c1-3-5-6-7-8-9-12-19-14-16(20-4-2)13-18-11-10-17-15-18/h10-11,15-16H,3-9,12-14H2,1-2H3. The van der Waals surface area contributed by atoms with Crippen molar-refractivity contribution in [2.75, 3.05) is 19.0 Å². The molecule has 1 atom stereocenters. The van der Waals surface area contributed by atoms with Gasteiger partial charge in [0.15, 0.2) is 0 Å². The smallest absolute Gasteiger partial charge is 0.0946 e. The van der Waals surface area contributed by atoms with Gasteiger partial charge in [-0.1, -0.05) is 46.0 Å². The molecule has 0 saturated carbocycles. The monoisotopic (exact) mass is 298 g/mol. The number of ether oxygens (including phenoxy) is 1. The molecule has 20 heavy (non-hydrogen) atoms. The number of aromatic nitrogens is 2. The lowest BCUT2D eigenvalue weighted by molar-refractivity contribution is 0.128. The summed E-state index contributed by atoms with van der Waals surface area (Å²) in [5.41, 5.74) is 0. The van der Waals surface area contributed by atoms with Gasteiger partial charge in [-0.3, -0.25) is 0 Å². The van der Waals surface area contributed by atoms with Crippen molar-refractivity contribution in [2.24, 2.45) is 0 Å². The highest BCUT2D eigenvalue weighted by Crippen LogP contribution is 2.14. The van der Waals surface area contributed by atoms with E-state index < -0.39 is 0 Å². The summed E-state index contributed by atoms with van der Waals surface area (Å²) in [5.74, 6) is 1.14. The number of hydrogen-bond acceptors (Lipinski definition) is 3. The first-order valence-corrected chi connectivity index (χ1v) is 9.06. The molecule has 0 fully saturated rings. The van der Waals surface area contributed by atoms with Crippen LogP contribution in [-0.2, 0) is 11.3 Å². The SMILES string of the molecule is CCCCCCCCOCC(Cn1ccnc1)SCC. The highest BCUT2D eigenvalue weighted by atomic mass is 32.2. The van der Waals surface area contributed by atoms with E-state index in [0.29, 0.717) is 5.25 Å². The summed E-state index contributed by atoms with van der Waals surface area (Å²) in [5, 5.41) is 0.536. The van der Waals surface area contributed by atoms with Crippen LogP contribution in [0.25, 0.3) is 0 Å². The molecule has 0 saturated heterocycles. The van der Waals surface area contributed by atoms with Gasteiger partial charge in [-0.25, -0.2) is 4.98 Å². The van der Waals surface area contributed by atoms with Crippen molar-refractivity contribution in [1.82, 2.24) is 9.55 Å². The molecule has 0 aliphatic carbocycles. The van der Waals surface area contributed by atoms with E-state index in [1.54, 1.807) is 0 Å². The third-order valence-corrected chi connectivity index (χ3v) is 4.41. The van der Waals surface area contributed by atoms with Gasteiger partial charge < -0.3 is 9.30 Å². The summed E-state index contributed by atoms with van der Waals surface area (Å²) in [7, 11) is 0. The molecule has 3 nitrogen and oxygen atoms in total. The second-order valence-corrected chi connectivity index (χ2v) is 6.76. The fourth-order valence-electron chi connectivity index (χ4n) is 2.22. The molecule has 1 heterocycles. The van der Waals surface area contributed by atoms with Crippen molar-refractivity contribution in [3.8, 4) is 0 Å². The number of hydrogen-bond donors (Lipinski definition) is 0. The summed E-state index contributed by atoms with van der Waals surface area (Å²) in [6.45, 7) is 7.23. The van der Waals surface area contributed by atoms with Crippen LogP contribution in [0.4, 0.5) is 0 Å². The van der Waals surface area contributed by atoms with Crippen molar-refractivity contribution in [3.05, 3.63) is 18.7 Å². The summed E-state index contributed by atoms with van der Waals surface area (Å²) >= 11 is 1.98. The number of thioether (sulfide) groups is 1. The molecule has 1 aromatic heterocycles. The number of imidazole rings is 1. The molecule has 0 bridgehead atoms. The lowest BCUT2D eigenvalue weighted by atomic mass is 10.1. The van der Waals surface area contributed by atoms with Gasteiger partial charge in [0.25, 0.3) is 0 Å². The molecule has 0 aliphatic rings. The van der Waals surface area contributed by atoms with Crippen LogP contribution < -0.4 is 0 Å². The van der Waals surface area contributed by atoms with Gasteiger partial charge in [-0.15, -0.1) is 0 Å². The third kappa shape index (κ3) is 8.64. The quantitative estimate of drug-likeness (QED) is 0.506. The van der Waals surface area contributed by atoms with Crippen LogP contribution in [0.15, 0.2) is 18.7 Å². The number of unbranched alkanes of at least 4 members (excludes halogenated alkanes) is 5. The second kappa shape index (κ2) is 12.3. The van der Waals surface area contributed by atoms with E-state index in [9.17, 15) is 0 Å². The lowest BCUT2D eigenvalue weighted by Crippen LogP contribution is -2.19. The van der Waals surface area contributed by atoms with Crippen LogP contribution in [0.2, 0.25) is 0 Å². The summed E-state index contributed by atoms with van der Waals surface area (Å²) in [6, 6.07) is 0. The minimum Gasteiger partial charge on any atom is -0.380 e. The predicted molar refractivity (Wildman–Crippen MR) is 88.3 cm³/mol. The molecule has 4 heteroatoms. The third-order valence-electron chi connectivity index (χ3n) is 3.32. The molecule has 0 aliphatic heterocycles. The van der Waals surface area contributed by atoms with Crippen LogP contribution in [-0.4, -0.2) is 33.8 Å². The Hall–Kier alpha value is -0.480. The molecule has 0 radical (unpaired) electrons. The molecule has 116 valence electrons. The summed E-state index contributed by atoms with van der Waals surface area (Å²) < 4.78 is 7.99. The molecule has 0 spiro atoms. The minimum absolute atomic E-state index is 0.536. The van der Waals surface area contributed by atoms with E-state index in [0.717, 1.165) is 25.5 Å². The first-order valence-electron chi connectivity index (χ1n) is 8.01. The molecule has 1 aromatic rings. The van der Waals surface area contributed by atoms with E-state index in [1.807, 2.05) is 30.5 Å². The average Bonchev–Trinajstić information content (AvgIpc) is 2.95. The van der Waals surface area contributed by atoms with Crippen molar-refractivity contribution < 1.29 is 4.74 Å². The topological polar surface area (TPSA) is 27.1 Å². The molecule has 1 rings (SSSR count). The van der Waals surface area contributed by atoms with Gasteiger partial charge in [0.1, 0.15) is 0 Å². The molecule has 0 aromatic carbocycles. The highest BCUT2D eigenvalue weighted by molar-refractivity contribution is 7.99. The first kappa shape index (κ1) is 17.6. The lowest BCUT2D eigenvalue weighted by Gasteiger charge is -2.16. The Kier molecular flexibility index (Phi) is 10.8. The van der Waals surface area contributed by atoms with Gasteiger partial charge in [-0.05, 0) is 12.2 Å². The maximum Gasteiger partial charge on any atom is 0.0946 e. The van der Waals surface area contributed by atoms with E-state index in [2.05, 4.69) is 23.4 Å². The normalized spacial score (nSPS) is 12.7. The van der Waals surface area contributed by atoms with Crippen molar-refractivity contribution in [1.29, 1.82) is 0 Å². The Morgan fingerprint density at radius 3 is 2.65 bits per heavy atom. The van der Waals surface area contributed by atoms with Crippen LogP contribution in [0.3, 0.4) is 0 Å². The first-order chi connectivity index (χ1) is 9.86. The van der Waals surface area contributed by atoms with Crippen molar-refractivity contribution in [2.45, 2.75) is 64.2 Å². The zero-order chi connectivity index (χ0) is 14.5. The molecule has 0 amide bonds. The zero-order valence-electron chi connectivity index (χ0n) is 13.1. The van der Waals surface area contributed by atoms with Gasteiger partial charge >= 0.3 is 0 Å². The van der Waals surface area contributed by atoms with Gasteiger partial charge in [0.2, 0.25) is 0 Å². The van der Waals surface area contributed by atoms with Crippen LogP contribution >= 0.6 is 11.8 Å². The summed E-state index contributed by atoms with van der Waals surface area (Å²) in [4.78, 5) is 4.09. The van der Waals surface area contributed by atoms with Crippen LogP contribution in [0.1, 0.15) is 52.4 Å². The molecule has 0 N–H and O–H groups in total. The Balaban J connectivity index is 2.04. The molecular formula is C16H30N2OS. The Morgan fingerprint density at radius 2 is 1.95 bits per heavy atom. The second-order valence-electron chi connectivity index (χ2n) is 5.18. The van der Waals surface area contributed by atoms with Gasteiger partial charge in [0.05, 0.1) is 12.9 Å². The van der Waals surface area contributed by atoms with Gasteiger partial charge in [0, 0.05) is 30.8 Å². The molecule has 1 unspecified atom stereocenters. The van der Waals surface area contributed by atoms with E-state index >= 15 is 0 Å². The van der Waals surface area contributed by atoms with E-state index in [-0.39, 0.29) is 0 Å². The largest absolute Gasteiger partial charge is 0.380 e. The summed E-state index contributed by atoms with van der Waals surface area (Å²) in [6.07, 6.45) is 13.7. The van der Waals surface area contributed by atoms with Crippen molar-refractivity contribution in [3.63, 3.8) is 0 Å². The van der Waals surface area contributed by atoms with E-state index in [4.69, 9.17) is 4.74 Å². The van der Waals surface area contributed by atoms with E-state index in [1.165, 1.54) is 38.5 Å². The highest BCUT2D eigenvalue weighted by Gasteiger charge is 2.09. The Labute approximate surface area is 128 Å². The van der Waals surface area contributed by atoms with Crippen molar-refractivity contribution >= 4 is 11.8 Å². The predicted octanol–water partition coefficient (Wildman–Crippen LogP) is 4.38. The average molecular weight is 298 g/mol. The van der Waals surface area contributed by atoms with Crippen LogP contribution in [0, 0.1) is 0 Å². The Morgan fingerprint density at radius 1 is 1.15 bits per heavy atom. The van der Waals surface area contributed by atoms with Gasteiger partial charge in [-0.2, -0.15) is 11.8 Å². The van der Waals surface area contributed by atoms with Crippen LogP contribution in [0.5, 0.6) is 0 Å². The zero-order valence-corrected chi connectivity index (χ0v) is 13.9. The minimum atomic E-state index is 0.536. The maximum absolute atomic E-state index is 5.85. The maximum atomic E-state index is 5.85. The Bertz CT molecular complexity index is 303. The number of rotatable bonds is 13. The molecular weight excluding hydrogens is 268 g/mol. The fraction of sp³-hybridized carbons (Fsp3) is 0.812. The number of nitrogens with zero attached hydrogens (tertiary/aromatic N) is 2. The fourth-order valence-corrected chi connectivity index (χ4v) is 3.16.